The highest BCUT2D eigenvalue weighted by molar-refractivity contribution is 6.07. The van der Waals surface area contributed by atoms with E-state index in [2.05, 4.69) is 10.3 Å². The molecule has 0 aliphatic carbocycles. The second-order valence-corrected chi connectivity index (χ2v) is 4.14. The van der Waals surface area contributed by atoms with Crippen LogP contribution in [0.2, 0.25) is 0 Å². The van der Waals surface area contributed by atoms with Crippen LogP contribution in [0, 0.1) is 5.82 Å². The van der Waals surface area contributed by atoms with Crippen molar-refractivity contribution >= 4 is 17.4 Å². The van der Waals surface area contributed by atoms with E-state index < -0.39 is 11.7 Å². The Morgan fingerprint density at radius 1 is 1.19 bits per heavy atom. The molecule has 0 radical (unpaired) electrons. The normalized spacial score (nSPS) is 10.0. The fraction of sp³-hybridized carbons (Fsp3) is 0.143. The number of nitrogens with one attached hydrogen (secondary N) is 1. The number of halogens is 1. The maximum absolute atomic E-state index is 13.1. The quantitative estimate of drug-likeness (QED) is 0.900. The number of pyridine rings is 1. The number of methoxy groups -OCH3 is 2. The molecule has 0 unspecified atom stereocenters. The number of ether oxygens (including phenoxy) is 2. The van der Waals surface area contributed by atoms with Crippen LogP contribution in [0.25, 0.3) is 0 Å². The molecule has 0 atom stereocenters. The van der Waals surface area contributed by atoms with Crippen LogP contribution in [0.3, 0.4) is 0 Å². The summed E-state index contributed by atoms with van der Waals surface area (Å²) < 4.78 is 23.3. The number of hydrogen-bond acceptors (Lipinski definition) is 5. The second-order valence-electron chi connectivity index (χ2n) is 4.14. The molecule has 0 aliphatic rings. The lowest BCUT2D eigenvalue weighted by Crippen LogP contribution is -2.15. The lowest BCUT2D eigenvalue weighted by Gasteiger charge is -2.10. The maximum atomic E-state index is 13.1. The summed E-state index contributed by atoms with van der Waals surface area (Å²) >= 11 is 0. The van der Waals surface area contributed by atoms with Crippen molar-refractivity contribution in [2.45, 2.75) is 0 Å². The summed E-state index contributed by atoms with van der Waals surface area (Å²) in [5.41, 5.74) is 5.95. The van der Waals surface area contributed by atoms with Gasteiger partial charge in [-0.15, -0.1) is 0 Å². The summed E-state index contributed by atoms with van der Waals surface area (Å²) in [6, 6.07) is 5.88. The molecule has 0 bridgehead atoms. The fourth-order valence-electron chi connectivity index (χ4n) is 1.71. The van der Waals surface area contributed by atoms with Crippen molar-refractivity contribution in [1.29, 1.82) is 0 Å². The molecule has 2 aromatic rings. The number of nitrogen functional groups attached to an aromatic ring is 1. The Labute approximate surface area is 120 Å². The van der Waals surface area contributed by atoms with Gasteiger partial charge in [-0.25, -0.2) is 9.37 Å². The SMILES string of the molecule is COc1cc(NC(=O)c2cc(F)cnc2N)cc(OC)c1. The second kappa shape index (κ2) is 6.08. The minimum absolute atomic E-state index is 0.0446. The fourth-order valence-corrected chi connectivity index (χ4v) is 1.71. The predicted octanol–water partition coefficient (Wildman–Crippen LogP) is 2.07. The highest BCUT2D eigenvalue weighted by Gasteiger charge is 2.13. The van der Waals surface area contributed by atoms with Crippen molar-refractivity contribution in [2.75, 3.05) is 25.3 Å². The van der Waals surface area contributed by atoms with Gasteiger partial charge in [-0.3, -0.25) is 4.79 Å². The van der Waals surface area contributed by atoms with Crippen LogP contribution in [0.4, 0.5) is 15.9 Å². The molecule has 0 saturated heterocycles. The van der Waals surface area contributed by atoms with Crippen LogP contribution in [0.1, 0.15) is 10.4 Å². The van der Waals surface area contributed by atoms with Gasteiger partial charge in [0.2, 0.25) is 0 Å². The van der Waals surface area contributed by atoms with Gasteiger partial charge in [-0.1, -0.05) is 0 Å². The van der Waals surface area contributed by atoms with Crippen molar-refractivity contribution in [3.05, 3.63) is 41.8 Å². The molecule has 6 nitrogen and oxygen atoms in total. The molecular formula is C14H14FN3O3. The first-order valence-corrected chi connectivity index (χ1v) is 5.99. The summed E-state index contributed by atoms with van der Waals surface area (Å²) in [5, 5.41) is 2.59. The predicted molar refractivity (Wildman–Crippen MR) is 76.1 cm³/mol. The highest BCUT2D eigenvalue weighted by atomic mass is 19.1. The topological polar surface area (TPSA) is 86.5 Å². The number of carbonyl (C=O) groups excluding carboxylic acids is 1. The van der Waals surface area contributed by atoms with E-state index in [0.717, 1.165) is 12.3 Å². The Bertz CT molecular complexity index is 654. The van der Waals surface area contributed by atoms with Gasteiger partial charge in [-0.2, -0.15) is 0 Å². The van der Waals surface area contributed by atoms with Crippen molar-refractivity contribution in [3.63, 3.8) is 0 Å². The molecule has 1 aromatic carbocycles. The van der Waals surface area contributed by atoms with E-state index in [9.17, 15) is 9.18 Å². The van der Waals surface area contributed by atoms with Crippen LogP contribution < -0.4 is 20.5 Å². The van der Waals surface area contributed by atoms with E-state index in [0.29, 0.717) is 17.2 Å². The van der Waals surface area contributed by atoms with E-state index in [1.54, 1.807) is 18.2 Å². The van der Waals surface area contributed by atoms with E-state index in [-0.39, 0.29) is 11.4 Å². The molecule has 7 heteroatoms. The van der Waals surface area contributed by atoms with Gasteiger partial charge in [0.1, 0.15) is 23.1 Å². The van der Waals surface area contributed by atoms with Crippen molar-refractivity contribution in [1.82, 2.24) is 4.98 Å². The Morgan fingerprint density at radius 3 is 2.38 bits per heavy atom. The molecule has 1 amide bonds. The minimum atomic E-state index is -0.641. The van der Waals surface area contributed by atoms with Gasteiger partial charge in [0.15, 0.2) is 0 Å². The zero-order chi connectivity index (χ0) is 15.4. The molecular weight excluding hydrogens is 277 g/mol. The monoisotopic (exact) mass is 291 g/mol. The third-order valence-corrected chi connectivity index (χ3v) is 2.74. The van der Waals surface area contributed by atoms with Gasteiger partial charge in [0.05, 0.1) is 26.0 Å². The number of amides is 1. The zero-order valence-electron chi connectivity index (χ0n) is 11.5. The lowest BCUT2D eigenvalue weighted by molar-refractivity contribution is 0.102. The minimum Gasteiger partial charge on any atom is -0.497 e. The molecule has 21 heavy (non-hydrogen) atoms. The van der Waals surface area contributed by atoms with Crippen molar-refractivity contribution in [2.24, 2.45) is 0 Å². The molecule has 1 aromatic heterocycles. The number of nitrogens with two attached hydrogens (primary N) is 1. The average molecular weight is 291 g/mol. The number of hydrogen-bond donors (Lipinski definition) is 2. The van der Waals surface area contributed by atoms with E-state index >= 15 is 0 Å². The van der Waals surface area contributed by atoms with E-state index in [1.165, 1.54) is 14.2 Å². The largest absolute Gasteiger partial charge is 0.497 e. The van der Waals surface area contributed by atoms with Gasteiger partial charge in [0.25, 0.3) is 5.91 Å². The first-order chi connectivity index (χ1) is 10.0. The average Bonchev–Trinajstić information content (AvgIpc) is 2.49. The number of rotatable bonds is 4. The van der Waals surface area contributed by atoms with Crippen LogP contribution >= 0.6 is 0 Å². The van der Waals surface area contributed by atoms with E-state index in [4.69, 9.17) is 15.2 Å². The molecule has 0 spiro atoms. The van der Waals surface area contributed by atoms with Crippen molar-refractivity contribution in [3.8, 4) is 11.5 Å². The molecule has 0 aliphatic heterocycles. The van der Waals surface area contributed by atoms with Gasteiger partial charge in [0, 0.05) is 23.9 Å². The van der Waals surface area contributed by atoms with Crippen LogP contribution in [-0.4, -0.2) is 25.1 Å². The number of aromatic nitrogens is 1. The van der Waals surface area contributed by atoms with E-state index in [1.807, 2.05) is 0 Å². The number of nitrogens with zero attached hydrogens (tertiary/aromatic N) is 1. The first-order valence-electron chi connectivity index (χ1n) is 5.99. The Balaban J connectivity index is 2.28. The number of anilines is 2. The zero-order valence-corrected chi connectivity index (χ0v) is 11.5. The summed E-state index contributed by atoms with van der Waals surface area (Å²) in [4.78, 5) is 15.7. The van der Waals surface area contributed by atoms with Gasteiger partial charge in [-0.05, 0) is 6.07 Å². The Hall–Kier alpha value is -2.83. The summed E-state index contributed by atoms with van der Waals surface area (Å²) in [6.45, 7) is 0. The summed E-state index contributed by atoms with van der Waals surface area (Å²) in [5.74, 6) is -0.249. The molecule has 110 valence electrons. The number of carbonyl (C=O) groups is 1. The third kappa shape index (κ3) is 3.38. The molecule has 3 N–H and O–H groups in total. The van der Waals surface area contributed by atoms with Crippen molar-refractivity contribution < 1.29 is 18.7 Å². The summed E-state index contributed by atoms with van der Waals surface area (Å²) in [6.07, 6.45) is 0.945. The van der Waals surface area contributed by atoms with Crippen LogP contribution in [0.5, 0.6) is 11.5 Å². The molecule has 0 saturated carbocycles. The molecule has 2 rings (SSSR count). The van der Waals surface area contributed by atoms with Crippen LogP contribution in [-0.2, 0) is 0 Å². The number of benzene rings is 1. The van der Waals surface area contributed by atoms with Gasteiger partial charge < -0.3 is 20.5 Å². The lowest BCUT2D eigenvalue weighted by atomic mass is 10.2. The standard InChI is InChI=1S/C14H14FN3O3/c1-20-10-4-9(5-11(6-10)21-2)18-14(19)12-3-8(15)7-17-13(12)16/h3-7H,1-2H3,(H2,16,17)(H,18,19). The smallest absolute Gasteiger partial charge is 0.259 e. The Morgan fingerprint density at radius 2 is 1.81 bits per heavy atom. The molecule has 0 fully saturated rings. The maximum Gasteiger partial charge on any atom is 0.259 e. The highest BCUT2D eigenvalue weighted by Crippen LogP contribution is 2.26. The summed E-state index contributed by atoms with van der Waals surface area (Å²) in [7, 11) is 2.99. The van der Waals surface area contributed by atoms with Gasteiger partial charge >= 0.3 is 0 Å². The Kier molecular flexibility index (Phi) is 4.22. The van der Waals surface area contributed by atoms with Crippen LogP contribution in [0.15, 0.2) is 30.5 Å². The molecule has 1 heterocycles. The first kappa shape index (κ1) is 14.6. The third-order valence-electron chi connectivity index (χ3n) is 2.74.